The third kappa shape index (κ3) is 2.73. The van der Waals surface area contributed by atoms with Crippen LogP contribution in [-0.2, 0) is 4.74 Å². The van der Waals surface area contributed by atoms with Gasteiger partial charge in [-0.3, -0.25) is 9.89 Å². The molecule has 0 aromatic carbocycles. The summed E-state index contributed by atoms with van der Waals surface area (Å²) >= 11 is 0. The highest BCUT2D eigenvalue weighted by atomic mass is 16.5. The van der Waals surface area contributed by atoms with Crippen molar-refractivity contribution in [3.63, 3.8) is 0 Å². The lowest BCUT2D eigenvalue weighted by molar-refractivity contribution is 0.0574. The Bertz CT molecular complexity index is 453. The van der Waals surface area contributed by atoms with Crippen molar-refractivity contribution < 1.29 is 9.53 Å². The van der Waals surface area contributed by atoms with Crippen LogP contribution >= 0.6 is 0 Å². The zero-order valence-electron chi connectivity index (χ0n) is 11.8. The lowest BCUT2D eigenvalue weighted by Crippen LogP contribution is -2.41. The molecule has 0 radical (unpaired) electrons. The first kappa shape index (κ1) is 13.9. The number of H-pyrrole nitrogens is 1. The van der Waals surface area contributed by atoms with Crippen LogP contribution in [0.1, 0.15) is 48.8 Å². The number of aromatic nitrogens is 2. The molecular weight excluding hydrogens is 244 g/mol. The van der Waals surface area contributed by atoms with Crippen LogP contribution in [0.4, 0.5) is 5.69 Å². The number of anilines is 1. The lowest BCUT2D eigenvalue weighted by Gasteiger charge is -2.26. The molecule has 3 N–H and O–H groups in total. The van der Waals surface area contributed by atoms with E-state index in [1.165, 1.54) is 0 Å². The number of nitrogens with two attached hydrogens (primary N) is 1. The van der Waals surface area contributed by atoms with Crippen molar-refractivity contribution in [2.45, 2.75) is 38.6 Å². The van der Waals surface area contributed by atoms with Crippen molar-refractivity contribution >= 4 is 11.6 Å². The first-order valence-corrected chi connectivity index (χ1v) is 6.73. The second-order valence-electron chi connectivity index (χ2n) is 5.07. The molecule has 1 heterocycles. The van der Waals surface area contributed by atoms with Crippen LogP contribution in [-0.4, -0.2) is 47.3 Å². The van der Waals surface area contributed by atoms with Gasteiger partial charge in [0, 0.05) is 19.6 Å². The smallest absolute Gasteiger partial charge is 0.276 e. The molecule has 0 spiro atoms. The van der Waals surface area contributed by atoms with Gasteiger partial charge in [0.2, 0.25) is 0 Å². The van der Waals surface area contributed by atoms with E-state index in [1.54, 1.807) is 12.0 Å². The van der Waals surface area contributed by atoms with Crippen molar-refractivity contribution in [2.75, 3.05) is 26.0 Å². The number of nitrogens with zero attached hydrogens (tertiary/aromatic N) is 2. The predicted octanol–water partition coefficient (Wildman–Crippen LogP) is 1.37. The summed E-state index contributed by atoms with van der Waals surface area (Å²) in [7, 11) is 1.63. The van der Waals surface area contributed by atoms with Crippen molar-refractivity contribution in [1.82, 2.24) is 15.1 Å². The summed E-state index contributed by atoms with van der Waals surface area (Å²) in [5.41, 5.74) is 7.80. The molecule has 1 aliphatic rings. The number of nitrogen functional groups attached to an aromatic ring is 1. The Kier molecular flexibility index (Phi) is 4.09. The van der Waals surface area contributed by atoms with Crippen molar-refractivity contribution in [2.24, 2.45) is 0 Å². The zero-order valence-corrected chi connectivity index (χ0v) is 11.8. The van der Waals surface area contributed by atoms with E-state index >= 15 is 0 Å². The number of aromatic amines is 1. The Morgan fingerprint density at radius 1 is 1.63 bits per heavy atom. The maximum Gasteiger partial charge on any atom is 0.276 e. The summed E-state index contributed by atoms with van der Waals surface area (Å²) < 4.78 is 5.10. The van der Waals surface area contributed by atoms with Crippen LogP contribution in [0.3, 0.4) is 0 Å². The number of amides is 1. The van der Waals surface area contributed by atoms with Crippen molar-refractivity contribution in [1.29, 1.82) is 0 Å². The van der Waals surface area contributed by atoms with Crippen LogP contribution in [0.25, 0.3) is 0 Å². The molecule has 1 unspecified atom stereocenters. The van der Waals surface area contributed by atoms with Gasteiger partial charge in [0.15, 0.2) is 5.69 Å². The fourth-order valence-corrected chi connectivity index (χ4v) is 2.33. The number of rotatable bonds is 6. The second kappa shape index (κ2) is 5.61. The van der Waals surface area contributed by atoms with E-state index in [1.807, 2.05) is 13.8 Å². The van der Waals surface area contributed by atoms with Crippen molar-refractivity contribution in [3.8, 4) is 0 Å². The summed E-state index contributed by atoms with van der Waals surface area (Å²) in [4.78, 5) is 14.2. The maximum absolute atomic E-state index is 12.5. The molecule has 0 aliphatic heterocycles. The van der Waals surface area contributed by atoms with E-state index < -0.39 is 0 Å². The van der Waals surface area contributed by atoms with E-state index in [-0.39, 0.29) is 11.9 Å². The first-order valence-electron chi connectivity index (χ1n) is 6.73. The standard InChI is InChI=1S/C13H22N4O2/c1-4-17(8(2)7-19-3)13(18)12-10(14)11(15-16-12)9-5-6-9/h8-9H,4-7,14H2,1-3H3,(H,15,16). The van der Waals surface area contributed by atoms with Gasteiger partial charge in [-0.1, -0.05) is 0 Å². The molecule has 0 bridgehead atoms. The molecule has 1 aromatic rings. The summed E-state index contributed by atoms with van der Waals surface area (Å²) in [6, 6.07) is 0.00275. The Balaban J connectivity index is 2.17. The normalized spacial score (nSPS) is 16.4. The molecule has 1 atom stereocenters. The highest BCUT2D eigenvalue weighted by Crippen LogP contribution is 2.42. The summed E-state index contributed by atoms with van der Waals surface area (Å²) in [6.07, 6.45) is 2.25. The lowest BCUT2D eigenvalue weighted by atomic mass is 10.2. The van der Waals surface area contributed by atoms with Gasteiger partial charge in [0.25, 0.3) is 5.91 Å². The van der Waals surface area contributed by atoms with E-state index in [2.05, 4.69) is 10.2 Å². The van der Waals surface area contributed by atoms with Gasteiger partial charge in [0.1, 0.15) is 0 Å². The first-order chi connectivity index (χ1) is 9.10. The Hall–Kier alpha value is -1.56. The monoisotopic (exact) mass is 266 g/mol. The number of methoxy groups -OCH3 is 1. The maximum atomic E-state index is 12.5. The van der Waals surface area contributed by atoms with Gasteiger partial charge in [-0.25, -0.2) is 0 Å². The fourth-order valence-electron chi connectivity index (χ4n) is 2.33. The number of nitrogens with one attached hydrogen (secondary N) is 1. The molecule has 6 heteroatoms. The largest absolute Gasteiger partial charge is 0.395 e. The van der Waals surface area contributed by atoms with Crippen LogP contribution in [0, 0.1) is 0 Å². The highest BCUT2D eigenvalue weighted by Gasteiger charge is 2.32. The molecular formula is C13H22N4O2. The molecule has 1 aromatic heterocycles. The molecule has 6 nitrogen and oxygen atoms in total. The molecule has 19 heavy (non-hydrogen) atoms. The summed E-state index contributed by atoms with van der Waals surface area (Å²) in [6.45, 7) is 5.00. The summed E-state index contributed by atoms with van der Waals surface area (Å²) in [5.74, 6) is 0.327. The molecule has 106 valence electrons. The van der Waals surface area contributed by atoms with Gasteiger partial charge >= 0.3 is 0 Å². The van der Waals surface area contributed by atoms with Gasteiger partial charge in [-0.15, -0.1) is 0 Å². The average molecular weight is 266 g/mol. The van der Waals surface area contributed by atoms with E-state index in [4.69, 9.17) is 10.5 Å². The van der Waals surface area contributed by atoms with E-state index in [0.717, 1.165) is 18.5 Å². The zero-order chi connectivity index (χ0) is 14.0. The number of hydrogen-bond donors (Lipinski definition) is 2. The number of carbonyl (C=O) groups is 1. The van der Waals surface area contributed by atoms with Crippen LogP contribution in [0.5, 0.6) is 0 Å². The SMILES string of the molecule is CCN(C(=O)c1n[nH]c(C2CC2)c1N)C(C)COC. The number of carbonyl (C=O) groups excluding carboxylic acids is 1. The Labute approximate surface area is 113 Å². The molecule has 2 rings (SSSR count). The second-order valence-corrected chi connectivity index (χ2v) is 5.07. The third-order valence-electron chi connectivity index (χ3n) is 3.56. The van der Waals surface area contributed by atoms with Crippen LogP contribution < -0.4 is 5.73 Å². The van der Waals surface area contributed by atoms with Crippen LogP contribution in [0.2, 0.25) is 0 Å². The predicted molar refractivity (Wildman–Crippen MR) is 73.0 cm³/mol. The number of hydrogen-bond acceptors (Lipinski definition) is 4. The topological polar surface area (TPSA) is 84.2 Å². The molecule has 1 amide bonds. The number of likely N-dealkylation sites (N-methyl/N-ethyl adjacent to an activating group) is 1. The minimum absolute atomic E-state index is 0.00275. The highest BCUT2D eigenvalue weighted by molar-refractivity contribution is 5.98. The molecule has 1 fully saturated rings. The van der Waals surface area contributed by atoms with Gasteiger partial charge < -0.3 is 15.4 Å². The average Bonchev–Trinajstić information content (AvgIpc) is 3.14. The minimum Gasteiger partial charge on any atom is -0.395 e. The van der Waals surface area contributed by atoms with Crippen molar-refractivity contribution in [3.05, 3.63) is 11.4 Å². The Morgan fingerprint density at radius 2 is 2.32 bits per heavy atom. The minimum atomic E-state index is -0.132. The quantitative estimate of drug-likeness (QED) is 0.814. The van der Waals surface area contributed by atoms with E-state index in [0.29, 0.717) is 30.5 Å². The molecule has 0 saturated heterocycles. The fraction of sp³-hybridized carbons (Fsp3) is 0.692. The summed E-state index contributed by atoms with van der Waals surface area (Å²) in [5, 5.41) is 7.02. The van der Waals surface area contributed by atoms with Gasteiger partial charge in [-0.2, -0.15) is 5.10 Å². The van der Waals surface area contributed by atoms with Crippen LogP contribution in [0.15, 0.2) is 0 Å². The Morgan fingerprint density at radius 3 is 2.84 bits per heavy atom. The van der Waals surface area contributed by atoms with E-state index in [9.17, 15) is 4.79 Å². The molecule has 1 aliphatic carbocycles. The molecule has 1 saturated carbocycles. The third-order valence-corrected chi connectivity index (χ3v) is 3.56. The number of ether oxygens (including phenoxy) is 1. The van der Waals surface area contributed by atoms with Gasteiger partial charge in [-0.05, 0) is 26.7 Å². The van der Waals surface area contributed by atoms with Gasteiger partial charge in [0.05, 0.1) is 24.0 Å².